The van der Waals surface area contributed by atoms with Crippen LogP contribution in [0.2, 0.25) is 0 Å². The van der Waals surface area contributed by atoms with Crippen molar-refractivity contribution in [2.24, 2.45) is 5.92 Å². The number of likely N-dealkylation sites (N-methyl/N-ethyl adjacent to an activating group) is 1. The molecule has 16 heavy (non-hydrogen) atoms. The molecule has 3 nitrogen and oxygen atoms in total. The zero-order valence-corrected chi connectivity index (χ0v) is 9.72. The summed E-state index contributed by atoms with van der Waals surface area (Å²) in [6.45, 7) is 3.94. The fourth-order valence-corrected chi connectivity index (χ4v) is 2.10. The Morgan fingerprint density at radius 2 is 2.00 bits per heavy atom. The Kier molecular flexibility index (Phi) is 3.25. The zero-order chi connectivity index (χ0) is 11.5. The first-order valence-electron chi connectivity index (χ1n) is 5.61. The second-order valence-corrected chi connectivity index (χ2v) is 4.51. The number of rotatable bonds is 2. The van der Waals surface area contributed by atoms with Gasteiger partial charge in [0.15, 0.2) is 0 Å². The molecule has 0 bridgehead atoms. The van der Waals surface area contributed by atoms with E-state index in [9.17, 15) is 4.79 Å². The molecule has 0 saturated carbocycles. The van der Waals surface area contributed by atoms with Crippen LogP contribution >= 0.6 is 0 Å². The predicted octanol–water partition coefficient (Wildman–Crippen LogP) is 1.79. The van der Waals surface area contributed by atoms with Crippen molar-refractivity contribution in [1.29, 1.82) is 0 Å². The van der Waals surface area contributed by atoms with Gasteiger partial charge in [-0.2, -0.15) is 0 Å². The van der Waals surface area contributed by atoms with Crippen LogP contribution in [-0.4, -0.2) is 37.1 Å². The summed E-state index contributed by atoms with van der Waals surface area (Å²) in [7, 11) is 2.05. The smallest absolute Gasteiger partial charge is 0.338 e. The van der Waals surface area contributed by atoms with Gasteiger partial charge in [-0.1, -0.05) is 25.1 Å². The lowest BCUT2D eigenvalue weighted by molar-refractivity contribution is 0.0252. The SMILES string of the molecule is C[C@@H]1CN(C)C[C@@H]1OC(=O)c1ccccc1. The maximum Gasteiger partial charge on any atom is 0.338 e. The summed E-state index contributed by atoms with van der Waals surface area (Å²) in [5.74, 6) is 0.199. The molecule has 2 atom stereocenters. The summed E-state index contributed by atoms with van der Waals surface area (Å²) in [6.07, 6.45) is 0.0257. The number of benzene rings is 1. The van der Waals surface area contributed by atoms with E-state index in [0.29, 0.717) is 11.5 Å². The van der Waals surface area contributed by atoms with E-state index in [0.717, 1.165) is 13.1 Å². The second-order valence-electron chi connectivity index (χ2n) is 4.51. The number of esters is 1. The van der Waals surface area contributed by atoms with E-state index in [2.05, 4.69) is 11.8 Å². The van der Waals surface area contributed by atoms with Crippen molar-refractivity contribution in [3.8, 4) is 0 Å². The van der Waals surface area contributed by atoms with Gasteiger partial charge in [-0.3, -0.25) is 0 Å². The van der Waals surface area contributed by atoms with Crippen LogP contribution in [-0.2, 0) is 4.74 Å². The van der Waals surface area contributed by atoms with E-state index < -0.39 is 0 Å². The Balaban J connectivity index is 1.98. The van der Waals surface area contributed by atoms with E-state index in [4.69, 9.17) is 4.74 Å². The summed E-state index contributed by atoms with van der Waals surface area (Å²) in [5.41, 5.74) is 0.629. The molecular weight excluding hydrogens is 202 g/mol. The average Bonchev–Trinajstić information content (AvgIpc) is 2.59. The first kappa shape index (κ1) is 11.1. The van der Waals surface area contributed by atoms with Crippen molar-refractivity contribution in [1.82, 2.24) is 4.90 Å². The van der Waals surface area contributed by atoms with Gasteiger partial charge in [0.25, 0.3) is 0 Å². The molecule has 0 N–H and O–H groups in total. The Morgan fingerprint density at radius 3 is 2.56 bits per heavy atom. The molecule has 1 heterocycles. The fourth-order valence-electron chi connectivity index (χ4n) is 2.10. The third kappa shape index (κ3) is 2.42. The van der Waals surface area contributed by atoms with Crippen LogP contribution < -0.4 is 0 Å². The molecule has 0 unspecified atom stereocenters. The van der Waals surface area contributed by atoms with Gasteiger partial charge < -0.3 is 9.64 Å². The van der Waals surface area contributed by atoms with Gasteiger partial charge in [-0.25, -0.2) is 4.79 Å². The van der Waals surface area contributed by atoms with Crippen LogP contribution in [0.5, 0.6) is 0 Å². The molecule has 0 amide bonds. The highest BCUT2D eigenvalue weighted by Gasteiger charge is 2.30. The number of likely N-dealkylation sites (tertiary alicyclic amines) is 1. The van der Waals surface area contributed by atoms with Gasteiger partial charge in [0.2, 0.25) is 0 Å². The third-order valence-corrected chi connectivity index (χ3v) is 2.99. The van der Waals surface area contributed by atoms with Gasteiger partial charge in [-0.15, -0.1) is 0 Å². The standard InChI is InChI=1S/C13H17NO2/c1-10-8-14(2)9-12(10)16-13(15)11-6-4-3-5-7-11/h3-7,10,12H,8-9H2,1-2H3/t10-,12+/m1/s1. The van der Waals surface area contributed by atoms with Gasteiger partial charge in [-0.05, 0) is 19.2 Å². The maximum absolute atomic E-state index is 11.8. The Hall–Kier alpha value is -1.35. The van der Waals surface area contributed by atoms with Crippen molar-refractivity contribution in [3.05, 3.63) is 35.9 Å². The summed E-state index contributed by atoms with van der Waals surface area (Å²) in [5, 5.41) is 0. The second kappa shape index (κ2) is 4.66. The first-order valence-corrected chi connectivity index (χ1v) is 5.61. The van der Waals surface area contributed by atoms with Crippen molar-refractivity contribution in [2.45, 2.75) is 13.0 Å². The summed E-state index contributed by atoms with van der Waals surface area (Å²) in [6, 6.07) is 9.15. The van der Waals surface area contributed by atoms with Gasteiger partial charge in [0.05, 0.1) is 5.56 Å². The van der Waals surface area contributed by atoms with E-state index in [1.54, 1.807) is 12.1 Å². The molecule has 0 aromatic heterocycles. The molecule has 1 fully saturated rings. The normalized spacial score (nSPS) is 25.6. The van der Waals surface area contributed by atoms with Crippen molar-refractivity contribution < 1.29 is 9.53 Å². The van der Waals surface area contributed by atoms with Crippen LogP contribution in [0.1, 0.15) is 17.3 Å². The minimum atomic E-state index is -0.215. The number of carbonyl (C=O) groups is 1. The highest BCUT2D eigenvalue weighted by atomic mass is 16.5. The van der Waals surface area contributed by atoms with Crippen LogP contribution in [0, 0.1) is 5.92 Å². The number of hydrogen-bond acceptors (Lipinski definition) is 3. The molecule has 86 valence electrons. The first-order chi connectivity index (χ1) is 7.66. The fraction of sp³-hybridized carbons (Fsp3) is 0.462. The molecule has 0 aliphatic carbocycles. The monoisotopic (exact) mass is 219 g/mol. The largest absolute Gasteiger partial charge is 0.457 e. The zero-order valence-electron chi connectivity index (χ0n) is 9.72. The topological polar surface area (TPSA) is 29.5 Å². The lowest BCUT2D eigenvalue weighted by Gasteiger charge is -2.15. The molecule has 1 saturated heterocycles. The lowest BCUT2D eigenvalue weighted by atomic mass is 10.1. The van der Waals surface area contributed by atoms with Crippen LogP contribution in [0.25, 0.3) is 0 Å². The Labute approximate surface area is 96.0 Å². The summed E-state index contributed by atoms with van der Waals surface area (Å²) < 4.78 is 5.50. The minimum absolute atomic E-state index is 0.0257. The third-order valence-electron chi connectivity index (χ3n) is 2.99. The quantitative estimate of drug-likeness (QED) is 0.710. The van der Waals surface area contributed by atoms with E-state index in [1.807, 2.05) is 25.2 Å². The summed E-state index contributed by atoms with van der Waals surface area (Å²) in [4.78, 5) is 14.0. The van der Waals surface area contributed by atoms with Crippen LogP contribution in [0.3, 0.4) is 0 Å². The van der Waals surface area contributed by atoms with Crippen LogP contribution in [0.15, 0.2) is 30.3 Å². The number of hydrogen-bond donors (Lipinski definition) is 0. The van der Waals surface area contributed by atoms with Gasteiger partial charge in [0, 0.05) is 19.0 Å². The molecule has 0 spiro atoms. The predicted molar refractivity (Wildman–Crippen MR) is 62.3 cm³/mol. The van der Waals surface area contributed by atoms with Crippen molar-refractivity contribution in [2.75, 3.05) is 20.1 Å². The lowest BCUT2D eigenvalue weighted by Crippen LogP contribution is -2.25. The van der Waals surface area contributed by atoms with E-state index in [1.165, 1.54) is 0 Å². The molecule has 1 aliphatic rings. The van der Waals surface area contributed by atoms with E-state index in [-0.39, 0.29) is 12.1 Å². The van der Waals surface area contributed by atoms with Crippen LogP contribution in [0.4, 0.5) is 0 Å². The molecule has 1 aromatic carbocycles. The van der Waals surface area contributed by atoms with Gasteiger partial charge in [0.1, 0.15) is 6.10 Å². The number of ether oxygens (including phenoxy) is 1. The van der Waals surface area contributed by atoms with E-state index >= 15 is 0 Å². The number of nitrogens with zero attached hydrogens (tertiary/aromatic N) is 1. The molecule has 1 aromatic rings. The molecule has 0 radical (unpaired) electrons. The van der Waals surface area contributed by atoms with Gasteiger partial charge >= 0.3 is 5.97 Å². The molecule has 2 rings (SSSR count). The Bertz CT molecular complexity index is 363. The highest BCUT2D eigenvalue weighted by molar-refractivity contribution is 5.89. The molecule has 3 heteroatoms. The Morgan fingerprint density at radius 1 is 1.31 bits per heavy atom. The van der Waals surface area contributed by atoms with Crippen molar-refractivity contribution in [3.63, 3.8) is 0 Å². The highest BCUT2D eigenvalue weighted by Crippen LogP contribution is 2.19. The maximum atomic E-state index is 11.8. The molecule has 1 aliphatic heterocycles. The minimum Gasteiger partial charge on any atom is -0.457 e. The summed E-state index contributed by atoms with van der Waals surface area (Å²) >= 11 is 0. The van der Waals surface area contributed by atoms with Crippen molar-refractivity contribution >= 4 is 5.97 Å². The molecular formula is C13H17NO2. The number of carbonyl (C=O) groups excluding carboxylic acids is 1. The average molecular weight is 219 g/mol.